The first kappa shape index (κ1) is 14.7. The Hall–Kier alpha value is -0.403. The van der Waals surface area contributed by atoms with Crippen LogP contribution in [0.25, 0.3) is 0 Å². The van der Waals surface area contributed by atoms with Crippen molar-refractivity contribution in [2.75, 3.05) is 5.75 Å². The number of rotatable bonds is 2. The van der Waals surface area contributed by atoms with Crippen LogP contribution in [0.1, 0.15) is 27.7 Å². The summed E-state index contributed by atoms with van der Waals surface area (Å²) in [6, 6.07) is 0. The third kappa shape index (κ3) is 2.55. The number of nitrogens with zero attached hydrogens (tertiary/aromatic N) is 1. The fourth-order valence-corrected chi connectivity index (χ4v) is 8.17. The van der Waals surface area contributed by atoms with Gasteiger partial charge < -0.3 is 4.74 Å². The number of sulfonamides is 1. The number of carbonyl (C=O) groups is 1. The highest BCUT2D eigenvalue weighted by atomic mass is 32.2. The summed E-state index contributed by atoms with van der Waals surface area (Å²) in [7, 11) is -5.46. The Labute approximate surface area is 104 Å². The van der Waals surface area contributed by atoms with Crippen LogP contribution in [0.3, 0.4) is 0 Å². The van der Waals surface area contributed by atoms with Gasteiger partial charge in [-0.3, -0.25) is 4.79 Å². The molecule has 17 heavy (non-hydrogen) atoms. The van der Waals surface area contributed by atoms with E-state index in [1.165, 1.54) is 10.9 Å². The van der Waals surface area contributed by atoms with Crippen LogP contribution >= 0.6 is 0 Å². The fourth-order valence-electron chi connectivity index (χ4n) is 1.73. The lowest BCUT2D eigenvalue weighted by molar-refractivity contribution is -0.150. The first-order chi connectivity index (χ1) is 7.39. The van der Waals surface area contributed by atoms with E-state index in [1.54, 1.807) is 0 Å². The minimum Gasteiger partial charge on any atom is -0.445 e. The zero-order chi connectivity index (χ0) is 13.6. The summed E-state index contributed by atoms with van der Waals surface area (Å²) in [5, 5.41) is -0.112. The summed E-state index contributed by atoms with van der Waals surface area (Å²) in [5.41, 5.74) is 0. The van der Waals surface area contributed by atoms with Crippen LogP contribution in [0.15, 0.2) is 0 Å². The van der Waals surface area contributed by atoms with Gasteiger partial charge in [-0.2, -0.15) is 3.97 Å². The van der Waals surface area contributed by atoms with E-state index >= 15 is 0 Å². The summed E-state index contributed by atoms with van der Waals surface area (Å²) in [6.45, 7) is 11.4. The van der Waals surface area contributed by atoms with Crippen LogP contribution in [0.4, 0.5) is 0 Å². The Balaban J connectivity index is 3.04. The summed E-state index contributed by atoms with van der Waals surface area (Å²) >= 11 is 0. The van der Waals surface area contributed by atoms with Gasteiger partial charge in [-0.1, -0.05) is 33.9 Å². The molecule has 1 aliphatic heterocycles. The zero-order valence-electron chi connectivity index (χ0n) is 11.3. The van der Waals surface area contributed by atoms with E-state index in [0.29, 0.717) is 0 Å². The molecule has 0 aliphatic carbocycles. The summed E-state index contributed by atoms with van der Waals surface area (Å²) in [6.07, 6.45) is -0.599. The van der Waals surface area contributed by atoms with Crippen LogP contribution in [-0.4, -0.2) is 38.6 Å². The molecule has 0 aromatic carbocycles. The lowest BCUT2D eigenvalue weighted by Gasteiger charge is -2.52. The Kier molecular flexibility index (Phi) is 3.50. The summed E-state index contributed by atoms with van der Waals surface area (Å²) in [4.78, 5) is 11.0. The molecule has 1 fully saturated rings. The summed E-state index contributed by atoms with van der Waals surface area (Å²) < 4.78 is 30.2. The lowest BCUT2D eigenvalue weighted by Crippen LogP contribution is -2.70. The monoisotopic (exact) mass is 279 g/mol. The van der Waals surface area contributed by atoms with Gasteiger partial charge in [0.25, 0.3) is 0 Å². The first-order valence-corrected chi connectivity index (χ1v) is 10.1. The second-order valence-electron chi connectivity index (χ2n) is 5.95. The van der Waals surface area contributed by atoms with Gasteiger partial charge in [-0.25, -0.2) is 8.42 Å². The molecular formula is C10H21NO4SSi. The molecule has 100 valence electrons. The number of esters is 1. The van der Waals surface area contributed by atoms with E-state index < -0.39 is 30.5 Å². The fraction of sp³-hybridized carbons (Fsp3) is 0.900. The van der Waals surface area contributed by atoms with E-state index in [9.17, 15) is 13.2 Å². The second kappa shape index (κ2) is 4.06. The minimum absolute atomic E-state index is 0.0842. The van der Waals surface area contributed by atoms with Gasteiger partial charge >= 0.3 is 5.97 Å². The number of ether oxygens (including phenoxy) is 1. The average Bonchev–Trinajstić information content (AvgIpc) is 1.96. The standard InChI is InChI=1S/C10H21NO4SSi/c1-8(12)15-9-7-16(13,14)11(9)17(5,6)10(2,3)4/h9H,7H2,1-6H3. The quantitative estimate of drug-likeness (QED) is 0.568. The molecule has 0 bridgehead atoms. The molecule has 0 radical (unpaired) electrons. The topological polar surface area (TPSA) is 63.7 Å². The highest BCUT2D eigenvalue weighted by Crippen LogP contribution is 2.44. The molecule has 1 heterocycles. The SMILES string of the molecule is CC(=O)OC1CS(=O)(=O)N1[Si](C)(C)C(C)(C)C. The molecule has 0 saturated carbocycles. The van der Waals surface area contributed by atoms with Gasteiger partial charge in [-0.15, -0.1) is 0 Å². The van der Waals surface area contributed by atoms with Crippen molar-refractivity contribution in [1.82, 2.24) is 3.97 Å². The van der Waals surface area contributed by atoms with Crippen molar-refractivity contribution in [2.24, 2.45) is 0 Å². The first-order valence-electron chi connectivity index (χ1n) is 5.59. The maximum Gasteiger partial charge on any atom is 0.304 e. The molecule has 1 atom stereocenters. The van der Waals surface area contributed by atoms with E-state index in [4.69, 9.17) is 4.74 Å². The van der Waals surface area contributed by atoms with Crippen molar-refractivity contribution in [3.05, 3.63) is 0 Å². The minimum atomic E-state index is -3.24. The van der Waals surface area contributed by atoms with Gasteiger partial charge in [-0.05, 0) is 5.04 Å². The van der Waals surface area contributed by atoms with Gasteiger partial charge in [0.15, 0.2) is 14.5 Å². The van der Waals surface area contributed by atoms with Gasteiger partial charge in [0.05, 0.1) is 0 Å². The Morgan fingerprint density at radius 3 is 2.12 bits per heavy atom. The van der Waals surface area contributed by atoms with Crippen LogP contribution in [0.2, 0.25) is 18.1 Å². The third-order valence-electron chi connectivity index (χ3n) is 3.60. The van der Waals surface area contributed by atoms with Crippen molar-refractivity contribution in [1.29, 1.82) is 0 Å². The van der Waals surface area contributed by atoms with Crippen molar-refractivity contribution < 1.29 is 17.9 Å². The molecule has 5 nitrogen and oxygen atoms in total. The normalized spacial score (nSPS) is 25.2. The molecule has 0 aromatic heterocycles. The van der Waals surface area contributed by atoms with Crippen molar-refractivity contribution in [2.45, 2.75) is 52.1 Å². The molecule has 1 aliphatic rings. The highest BCUT2D eigenvalue weighted by Gasteiger charge is 2.57. The molecular weight excluding hydrogens is 258 g/mol. The highest BCUT2D eigenvalue weighted by molar-refractivity contribution is 7.91. The van der Waals surface area contributed by atoms with Crippen molar-refractivity contribution in [3.8, 4) is 0 Å². The number of hydrogen-bond acceptors (Lipinski definition) is 4. The van der Waals surface area contributed by atoms with Gasteiger partial charge in [0.1, 0.15) is 5.75 Å². The second-order valence-corrected chi connectivity index (χ2v) is 13.3. The largest absolute Gasteiger partial charge is 0.445 e. The molecule has 7 heteroatoms. The van der Waals surface area contributed by atoms with E-state index in [0.717, 1.165) is 0 Å². The lowest BCUT2D eigenvalue weighted by atomic mass is 10.2. The smallest absolute Gasteiger partial charge is 0.304 e. The van der Waals surface area contributed by atoms with Crippen molar-refractivity contribution in [3.63, 3.8) is 0 Å². The Morgan fingerprint density at radius 2 is 1.82 bits per heavy atom. The zero-order valence-corrected chi connectivity index (χ0v) is 13.1. The van der Waals surface area contributed by atoms with Crippen LogP contribution in [-0.2, 0) is 19.6 Å². The predicted octanol–water partition coefficient (Wildman–Crippen LogP) is 1.53. The third-order valence-corrected chi connectivity index (χ3v) is 12.4. The average molecular weight is 279 g/mol. The summed E-state index contributed by atoms with van der Waals surface area (Å²) in [5.74, 6) is -0.521. The van der Waals surface area contributed by atoms with Crippen LogP contribution in [0.5, 0.6) is 0 Å². The van der Waals surface area contributed by atoms with E-state index in [1.807, 2.05) is 33.9 Å². The number of carbonyl (C=O) groups excluding carboxylic acids is 1. The molecule has 0 N–H and O–H groups in total. The molecule has 0 amide bonds. The predicted molar refractivity (Wildman–Crippen MR) is 68.4 cm³/mol. The molecule has 1 rings (SSSR count). The van der Waals surface area contributed by atoms with Crippen LogP contribution in [0, 0.1) is 0 Å². The molecule has 1 saturated heterocycles. The molecule has 1 unspecified atom stereocenters. The Bertz CT molecular complexity index is 424. The number of hydrogen-bond donors (Lipinski definition) is 0. The molecule has 0 spiro atoms. The maximum absolute atomic E-state index is 11.9. The maximum atomic E-state index is 11.9. The molecule has 0 aromatic rings. The van der Waals surface area contributed by atoms with Gasteiger partial charge in [0, 0.05) is 6.92 Å². The van der Waals surface area contributed by atoms with E-state index in [2.05, 4.69) is 0 Å². The van der Waals surface area contributed by atoms with Crippen molar-refractivity contribution >= 4 is 24.2 Å². The Morgan fingerprint density at radius 1 is 1.35 bits per heavy atom. The van der Waals surface area contributed by atoms with Crippen LogP contribution < -0.4 is 0 Å². The van der Waals surface area contributed by atoms with E-state index in [-0.39, 0.29) is 10.8 Å². The van der Waals surface area contributed by atoms with Gasteiger partial charge in [0.2, 0.25) is 10.0 Å².